The summed E-state index contributed by atoms with van der Waals surface area (Å²) >= 11 is 0. The quantitative estimate of drug-likeness (QED) is 0.652. The van der Waals surface area contributed by atoms with Gasteiger partial charge in [0.05, 0.1) is 19.6 Å². The highest BCUT2D eigenvalue weighted by Gasteiger charge is 2.12. The molecule has 0 aliphatic carbocycles. The summed E-state index contributed by atoms with van der Waals surface area (Å²) < 4.78 is 15.6. The predicted octanol–water partition coefficient (Wildman–Crippen LogP) is 1.88. The predicted molar refractivity (Wildman–Crippen MR) is 82.0 cm³/mol. The van der Waals surface area contributed by atoms with E-state index in [4.69, 9.17) is 14.2 Å². The van der Waals surface area contributed by atoms with Gasteiger partial charge in [0.25, 0.3) is 5.91 Å². The number of likely N-dealkylation sites (N-methyl/N-ethyl adjacent to an activating group) is 1. The van der Waals surface area contributed by atoms with Crippen LogP contribution >= 0.6 is 0 Å². The smallest absolute Gasteiger partial charge is 0.307 e. The van der Waals surface area contributed by atoms with Crippen LogP contribution in [0, 0.1) is 0 Å². The monoisotopic (exact) mass is 309 g/mol. The molecule has 22 heavy (non-hydrogen) atoms. The third kappa shape index (κ3) is 6.47. The van der Waals surface area contributed by atoms with Crippen LogP contribution in [0.1, 0.15) is 20.3 Å². The Morgan fingerprint density at radius 1 is 1.00 bits per heavy atom. The number of hydrogen-bond acceptors (Lipinski definition) is 5. The van der Waals surface area contributed by atoms with Crippen molar-refractivity contribution in [3.05, 3.63) is 24.3 Å². The molecule has 0 aliphatic heterocycles. The van der Waals surface area contributed by atoms with Gasteiger partial charge < -0.3 is 19.1 Å². The van der Waals surface area contributed by atoms with Gasteiger partial charge in [-0.05, 0) is 38.1 Å². The summed E-state index contributed by atoms with van der Waals surface area (Å²) in [6, 6.07) is 7.06. The molecular formula is C16H23NO5. The van der Waals surface area contributed by atoms with E-state index >= 15 is 0 Å². The Morgan fingerprint density at radius 2 is 1.59 bits per heavy atom. The SMILES string of the molecule is CCOC(=O)CCN(C)C(=O)COc1ccc(OCC)cc1. The summed E-state index contributed by atoms with van der Waals surface area (Å²) in [4.78, 5) is 24.6. The molecule has 6 heteroatoms. The van der Waals surface area contributed by atoms with Crippen molar-refractivity contribution < 1.29 is 23.8 Å². The molecule has 0 atom stereocenters. The lowest BCUT2D eigenvalue weighted by atomic mass is 10.3. The molecule has 0 aliphatic rings. The Morgan fingerprint density at radius 3 is 2.14 bits per heavy atom. The molecule has 1 rings (SSSR count). The fourth-order valence-corrected chi connectivity index (χ4v) is 1.67. The van der Waals surface area contributed by atoms with Gasteiger partial charge in [0, 0.05) is 13.6 Å². The van der Waals surface area contributed by atoms with Gasteiger partial charge in [0.2, 0.25) is 0 Å². The summed E-state index contributed by atoms with van der Waals surface area (Å²) in [5.74, 6) is 0.844. The Hall–Kier alpha value is -2.24. The van der Waals surface area contributed by atoms with E-state index in [1.807, 2.05) is 6.92 Å². The first-order valence-corrected chi connectivity index (χ1v) is 7.32. The highest BCUT2D eigenvalue weighted by atomic mass is 16.5. The molecule has 6 nitrogen and oxygen atoms in total. The topological polar surface area (TPSA) is 65.1 Å². The second-order valence-electron chi connectivity index (χ2n) is 4.56. The maximum atomic E-state index is 11.9. The summed E-state index contributed by atoms with van der Waals surface area (Å²) in [5.41, 5.74) is 0. The zero-order valence-corrected chi connectivity index (χ0v) is 13.3. The van der Waals surface area contributed by atoms with Crippen molar-refractivity contribution in [2.24, 2.45) is 0 Å². The number of benzene rings is 1. The Balaban J connectivity index is 2.33. The molecule has 0 saturated carbocycles. The number of hydrogen-bond donors (Lipinski definition) is 0. The van der Waals surface area contributed by atoms with Crippen LogP contribution in [0.4, 0.5) is 0 Å². The average molecular weight is 309 g/mol. The van der Waals surface area contributed by atoms with E-state index in [1.165, 1.54) is 4.90 Å². The Kier molecular flexibility index (Phi) is 7.81. The second-order valence-corrected chi connectivity index (χ2v) is 4.56. The molecular weight excluding hydrogens is 286 g/mol. The van der Waals surface area contributed by atoms with Gasteiger partial charge in [-0.25, -0.2) is 0 Å². The molecule has 0 saturated heterocycles. The Labute approximate surface area is 131 Å². The number of amides is 1. The van der Waals surface area contributed by atoms with E-state index < -0.39 is 0 Å². The summed E-state index contributed by atoms with van der Waals surface area (Å²) in [6.07, 6.45) is 0.180. The number of ether oxygens (including phenoxy) is 3. The second kappa shape index (κ2) is 9.65. The van der Waals surface area contributed by atoms with Gasteiger partial charge in [0.15, 0.2) is 6.61 Å². The van der Waals surface area contributed by atoms with Gasteiger partial charge in [-0.3, -0.25) is 9.59 Å². The van der Waals surface area contributed by atoms with Crippen molar-refractivity contribution in [1.29, 1.82) is 0 Å². The van der Waals surface area contributed by atoms with E-state index in [1.54, 1.807) is 38.2 Å². The molecule has 0 unspecified atom stereocenters. The van der Waals surface area contributed by atoms with Gasteiger partial charge in [0.1, 0.15) is 11.5 Å². The average Bonchev–Trinajstić information content (AvgIpc) is 2.52. The minimum atomic E-state index is -0.311. The van der Waals surface area contributed by atoms with Crippen molar-refractivity contribution in [2.45, 2.75) is 20.3 Å². The molecule has 1 aromatic rings. The van der Waals surface area contributed by atoms with Crippen molar-refractivity contribution in [3.8, 4) is 11.5 Å². The molecule has 0 radical (unpaired) electrons. The number of rotatable bonds is 9. The highest BCUT2D eigenvalue weighted by Crippen LogP contribution is 2.17. The molecule has 122 valence electrons. The summed E-state index contributed by atoms with van der Waals surface area (Å²) in [5, 5.41) is 0. The standard InChI is InChI=1S/C16H23NO5/c1-4-20-13-6-8-14(9-7-13)22-12-15(18)17(3)11-10-16(19)21-5-2/h6-9H,4-5,10-12H2,1-3H3. The van der Waals surface area contributed by atoms with E-state index in [9.17, 15) is 9.59 Å². The lowest BCUT2D eigenvalue weighted by Gasteiger charge is -2.17. The number of esters is 1. The van der Waals surface area contributed by atoms with Crippen molar-refractivity contribution in [1.82, 2.24) is 4.90 Å². The molecule has 0 spiro atoms. The molecule has 0 aromatic heterocycles. The fourth-order valence-electron chi connectivity index (χ4n) is 1.67. The highest BCUT2D eigenvalue weighted by molar-refractivity contribution is 5.78. The van der Waals surface area contributed by atoms with Crippen LogP contribution in [0.15, 0.2) is 24.3 Å². The van der Waals surface area contributed by atoms with Crippen LogP contribution in [0.2, 0.25) is 0 Å². The minimum Gasteiger partial charge on any atom is -0.494 e. The minimum absolute atomic E-state index is 0.0761. The maximum Gasteiger partial charge on any atom is 0.307 e. The van der Waals surface area contributed by atoms with Crippen LogP contribution in [0.3, 0.4) is 0 Å². The number of nitrogens with zero attached hydrogens (tertiary/aromatic N) is 1. The summed E-state index contributed by atoms with van der Waals surface area (Å²) in [7, 11) is 1.63. The fraction of sp³-hybridized carbons (Fsp3) is 0.500. The maximum absolute atomic E-state index is 11.9. The Bertz CT molecular complexity index is 472. The lowest BCUT2D eigenvalue weighted by molar-refractivity contribution is -0.144. The third-order valence-corrected chi connectivity index (χ3v) is 2.88. The molecule has 0 heterocycles. The number of carbonyl (C=O) groups excluding carboxylic acids is 2. The van der Waals surface area contributed by atoms with Crippen LogP contribution in [-0.2, 0) is 14.3 Å². The van der Waals surface area contributed by atoms with Gasteiger partial charge in [-0.1, -0.05) is 0 Å². The van der Waals surface area contributed by atoms with Gasteiger partial charge in [-0.2, -0.15) is 0 Å². The summed E-state index contributed by atoms with van der Waals surface area (Å²) in [6.45, 7) is 4.84. The lowest BCUT2D eigenvalue weighted by Crippen LogP contribution is -2.33. The van der Waals surface area contributed by atoms with Crippen molar-refractivity contribution in [2.75, 3.05) is 33.4 Å². The van der Waals surface area contributed by atoms with Crippen LogP contribution in [0.5, 0.6) is 11.5 Å². The normalized spacial score (nSPS) is 9.95. The molecule has 0 N–H and O–H groups in total. The van der Waals surface area contributed by atoms with E-state index in [0.717, 1.165) is 5.75 Å². The van der Waals surface area contributed by atoms with E-state index in [2.05, 4.69) is 0 Å². The van der Waals surface area contributed by atoms with Crippen LogP contribution in [0.25, 0.3) is 0 Å². The first-order chi connectivity index (χ1) is 10.6. The van der Waals surface area contributed by atoms with Gasteiger partial charge >= 0.3 is 5.97 Å². The number of carbonyl (C=O) groups is 2. The zero-order chi connectivity index (χ0) is 16.4. The molecule has 0 fully saturated rings. The van der Waals surface area contributed by atoms with Crippen LogP contribution in [-0.4, -0.2) is 50.2 Å². The van der Waals surface area contributed by atoms with Crippen molar-refractivity contribution in [3.63, 3.8) is 0 Å². The molecule has 1 aromatic carbocycles. The first-order valence-electron chi connectivity index (χ1n) is 7.32. The van der Waals surface area contributed by atoms with Crippen LogP contribution < -0.4 is 9.47 Å². The molecule has 0 bridgehead atoms. The van der Waals surface area contributed by atoms with Gasteiger partial charge in [-0.15, -0.1) is 0 Å². The van der Waals surface area contributed by atoms with E-state index in [-0.39, 0.29) is 24.9 Å². The first kappa shape index (κ1) is 17.8. The molecule has 1 amide bonds. The largest absolute Gasteiger partial charge is 0.494 e. The van der Waals surface area contributed by atoms with Crippen molar-refractivity contribution >= 4 is 11.9 Å². The zero-order valence-electron chi connectivity index (χ0n) is 13.3. The third-order valence-electron chi connectivity index (χ3n) is 2.88. The van der Waals surface area contributed by atoms with E-state index in [0.29, 0.717) is 25.5 Å².